The molecule has 5 heteroatoms. The van der Waals surface area contributed by atoms with Gasteiger partial charge in [0, 0.05) is 12.1 Å². The lowest BCUT2D eigenvalue weighted by molar-refractivity contribution is -0.124. The summed E-state index contributed by atoms with van der Waals surface area (Å²) in [4.78, 5) is 14.0. The highest BCUT2D eigenvalue weighted by Crippen LogP contribution is 2.36. The third-order valence-corrected chi connectivity index (χ3v) is 4.89. The van der Waals surface area contributed by atoms with Crippen molar-refractivity contribution in [2.75, 3.05) is 26.3 Å². The molecule has 0 aromatic rings. The Morgan fingerprint density at radius 3 is 2.84 bits per heavy atom. The number of nitrogens with two attached hydrogens (primary N) is 2. The zero-order chi connectivity index (χ0) is 14.1. The molecule has 0 aromatic carbocycles. The molecule has 110 valence electrons. The van der Waals surface area contributed by atoms with Crippen molar-refractivity contribution in [3.05, 3.63) is 0 Å². The van der Waals surface area contributed by atoms with Gasteiger partial charge in [-0.15, -0.1) is 0 Å². The van der Waals surface area contributed by atoms with Gasteiger partial charge in [-0.25, -0.2) is 0 Å². The number of hydrogen-bond donors (Lipinski definition) is 2. The van der Waals surface area contributed by atoms with Crippen molar-refractivity contribution in [1.29, 1.82) is 0 Å². The summed E-state index contributed by atoms with van der Waals surface area (Å²) in [5.41, 5.74) is 11.0. The Bertz CT molecular complexity index is 346. The quantitative estimate of drug-likeness (QED) is 0.777. The van der Waals surface area contributed by atoms with E-state index in [9.17, 15) is 4.79 Å². The number of nitrogens with zero attached hydrogens (tertiary/aromatic N) is 1. The number of amides is 1. The average Bonchev–Trinajstić information content (AvgIpc) is 2.70. The van der Waals surface area contributed by atoms with Crippen LogP contribution in [0.3, 0.4) is 0 Å². The summed E-state index contributed by atoms with van der Waals surface area (Å²) >= 11 is 0. The van der Waals surface area contributed by atoms with E-state index in [-0.39, 0.29) is 17.4 Å². The summed E-state index contributed by atoms with van der Waals surface area (Å²) in [6.07, 6.45) is 3.71. The molecular formula is C14H27N3O2. The van der Waals surface area contributed by atoms with Crippen molar-refractivity contribution >= 4 is 5.91 Å². The molecule has 2 fully saturated rings. The van der Waals surface area contributed by atoms with Gasteiger partial charge in [0.2, 0.25) is 5.91 Å². The maximum atomic E-state index is 11.6. The van der Waals surface area contributed by atoms with Crippen LogP contribution in [0.2, 0.25) is 0 Å². The van der Waals surface area contributed by atoms with Crippen LogP contribution in [-0.2, 0) is 9.53 Å². The minimum atomic E-state index is -0.781. The summed E-state index contributed by atoms with van der Waals surface area (Å²) in [6.45, 7) is 7.87. The van der Waals surface area contributed by atoms with Crippen molar-refractivity contribution in [2.24, 2.45) is 17.4 Å². The van der Waals surface area contributed by atoms with Gasteiger partial charge in [0.15, 0.2) is 0 Å². The second-order valence-corrected chi connectivity index (χ2v) is 6.63. The monoisotopic (exact) mass is 269 g/mol. The fraction of sp³-hybridized carbons (Fsp3) is 0.929. The third-order valence-electron chi connectivity index (χ3n) is 4.89. The van der Waals surface area contributed by atoms with Crippen molar-refractivity contribution in [3.63, 3.8) is 0 Å². The molecule has 1 saturated carbocycles. The summed E-state index contributed by atoms with van der Waals surface area (Å²) < 4.78 is 5.53. The van der Waals surface area contributed by atoms with Gasteiger partial charge in [0.1, 0.15) is 0 Å². The molecule has 1 saturated heterocycles. The average molecular weight is 269 g/mol. The first-order valence-electron chi connectivity index (χ1n) is 7.28. The van der Waals surface area contributed by atoms with Gasteiger partial charge in [-0.1, -0.05) is 6.42 Å². The lowest BCUT2D eigenvalue weighted by atomic mass is 9.84. The molecule has 4 N–H and O–H groups in total. The molecule has 1 aliphatic heterocycles. The number of hydrogen-bond acceptors (Lipinski definition) is 4. The highest BCUT2D eigenvalue weighted by atomic mass is 16.5. The Labute approximate surface area is 115 Å². The van der Waals surface area contributed by atoms with E-state index in [0.29, 0.717) is 0 Å². The van der Waals surface area contributed by atoms with E-state index < -0.39 is 5.54 Å². The van der Waals surface area contributed by atoms with Crippen LogP contribution in [-0.4, -0.2) is 48.2 Å². The maximum Gasteiger partial charge on any atom is 0.237 e. The number of carbonyl (C=O) groups excluding carboxylic acids is 1. The molecule has 19 heavy (non-hydrogen) atoms. The largest absolute Gasteiger partial charge is 0.378 e. The minimum Gasteiger partial charge on any atom is -0.378 e. The van der Waals surface area contributed by atoms with Crippen molar-refractivity contribution in [3.8, 4) is 0 Å². The topological polar surface area (TPSA) is 81.6 Å². The molecule has 2 rings (SSSR count). The van der Waals surface area contributed by atoms with Crippen LogP contribution in [0.5, 0.6) is 0 Å². The van der Waals surface area contributed by atoms with Crippen LogP contribution in [0.25, 0.3) is 0 Å². The molecule has 1 amide bonds. The van der Waals surface area contributed by atoms with E-state index in [1.807, 2.05) is 0 Å². The van der Waals surface area contributed by atoms with Crippen LogP contribution >= 0.6 is 0 Å². The first-order chi connectivity index (χ1) is 8.86. The van der Waals surface area contributed by atoms with Gasteiger partial charge in [0.25, 0.3) is 0 Å². The van der Waals surface area contributed by atoms with Crippen LogP contribution < -0.4 is 11.5 Å². The molecule has 0 bridgehead atoms. The molecule has 0 aromatic heterocycles. The molecule has 0 spiro atoms. The Kier molecular flexibility index (Phi) is 4.18. The molecule has 2 unspecified atom stereocenters. The number of rotatable bonds is 4. The predicted molar refractivity (Wildman–Crippen MR) is 74.5 cm³/mol. The highest BCUT2D eigenvalue weighted by molar-refractivity contribution is 5.85. The molecule has 5 nitrogen and oxygen atoms in total. The summed E-state index contributed by atoms with van der Waals surface area (Å²) in [7, 11) is 0. The van der Waals surface area contributed by atoms with Gasteiger partial charge in [-0.3, -0.25) is 9.69 Å². The van der Waals surface area contributed by atoms with Gasteiger partial charge in [0.05, 0.1) is 18.8 Å². The first kappa shape index (κ1) is 14.8. The zero-order valence-corrected chi connectivity index (χ0v) is 12.2. The van der Waals surface area contributed by atoms with Crippen molar-refractivity contribution < 1.29 is 9.53 Å². The van der Waals surface area contributed by atoms with E-state index in [4.69, 9.17) is 16.2 Å². The molecule has 2 aliphatic rings. The van der Waals surface area contributed by atoms with Crippen LogP contribution in [0.4, 0.5) is 0 Å². The lowest BCUT2D eigenvalue weighted by Crippen LogP contribution is -2.57. The second-order valence-electron chi connectivity index (χ2n) is 6.63. The van der Waals surface area contributed by atoms with E-state index in [0.717, 1.165) is 52.0 Å². The van der Waals surface area contributed by atoms with Crippen molar-refractivity contribution in [2.45, 2.75) is 50.6 Å². The normalized spacial score (nSPS) is 35.4. The van der Waals surface area contributed by atoms with Crippen LogP contribution in [0.1, 0.15) is 39.5 Å². The summed E-state index contributed by atoms with van der Waals surface area (Å²) in [6, 6.07) is 0. The fourth-order valence-corrected chi connectivity index (χ4v) is 3.45. The Morgan fingerprint density at radius 1 is 1.47 bits per heavy atom. The Hall–Kier alpha value is -0.650. The Balaban J connectivity index is 1.93. The SMILES string of the molecule is CC1(C)COCCN1CCC1CCCC1(N)C(N)=O. The highest BCUT2D eigenvalue weighted by Gasteiger charge is 2.44. The van der Waals surface area contributed by atoms with Crippen molar-refractivity contribution in [1.82, 2.24) is 4.90 Å². The zero-order valence-electron chi connectivity index (χ0n) is 12.2. The summed E-state index contributed by atoms with van der Waals surface area (Å²) in [5.74, 6) is -0.111. The molecule has 1 aliphatic carbocycles. The van der Waals surface area contributed by atoms with Gasteiger partial charge >= 0.3 is 0 Å². The smallest absolute Gasteiger partial charge is 0.237 e. The van der Waals surface area contributed by atoms with Crippen LogP contribution in [0.15, 0.2) is 0 Å². The second kappa shape index (κ2) is 5.38. The molecular weight excluding hydrogens is 242 g/mol. The van der Waals surface area contributed by atoms with Gasteiger partial charge < -0.3 is 16.2 Å². The van der Waals surface area contributed by atoms with E-state index in [1.165, 1.54) is 0 Å². The summed E-state index contributed by atoms with van der Waals surface area (Å²) in [5, 5.41) is 0. The molecule has 1 heterocycles. The fourth-order valence-electron chi connectivity index (χ4n) is 3.45. The molecule has 2 atom stereocenters. The van der Waals surface area contributed by atoms with E-state index in [2.05, 4.69) is 18.7 Å². The molecule has 0 radical (unpaired) electrons. The first-order valence-corrected chi connectivity index (χ1v) is 7.28. The lowest BCUT2D eigenvalue weighted by Gasteiger charge is -2.43. The van der Waals surface area contributed by atoms with Crippen LogP contribution in [0, 0.1) is 5.92 Å². The van der Waals surface area contributed by atoms with Gasteiger partial charge in [-0.2, -0.15) is 0 Å². The van der Waals surface area contributed by atoms with Gasteiger partial charge in [-0.05, 0) is 45.6 Å². The minimum absolute atomic E-state index is 0.0703. The maximum absolute atomic E-state index is 11.6. The van der Waals surface area contributed by atoms with E-state index in [1.54, 1.807) is 0 Å². The van der Waals surface area contributed by atoms with E-state index >= 15 is 0 Å². The third kappa shape index (κ3) is 2.93. The number of morpholine rings is 1. The number of ether oxygens (including phenoxy) is 1. The standard InChI is InChI=1S/C14H27N3O2/c1-13(2)10-19-9-8-17(13)7-5-11-4-3-6-14(11,16)12(15)18/h11H,3-10,16H2,1-2H3,(H2,15,18). The number of primary amides is 1. The Morgan fingerprint density at radius 2 is 2.21 bits per heavy atom. The number of carbonyl (C=O) groups is 1. The predicted octanol–water partition coefficient (Wildman–Crippen LogP) is 0.470.